The molecule has 0 saturated carbocycles. The average Bonchev–Trinajstić information content (AvgIpc) is 2.44. The molecule has 1 aliphatic rings. The van der Waals surface area contributed by atoms with E-state index >= 15 is 0 Å². The van der Waals surface area contributed by atoms with Crippen LogP contribution in [-0.4, -0.2) is 28.6 Å². The molecule has 1 aliphatic heterocycles. The van der Waals surface area contributed by atoms with Crippen molar-refractivity contribution in [2.45, 2.75) is 0 Å². The van der Waals surface area contributed by atoms with E-state index in [1.165, 1.54) is 12.2 Å². The van der Waals surface area contributed by atoms with Crippen LogP contribution in [0.3, 0.4) is 0 Å². The number of nitrogens with zero attached hydrogens (tertiary/aromatic N) is 1. The Bertz CT molecular complexity index is 648. The van der Waals surface area contributed by atoms with Gasteiger partial charge in [-0.15, -0.1) is 0 Å². The highest BCUT2D eigenvalue weighted by Crippen LogP contribution is 2.18. The lowest BCUT2D eigenvalue weighted by Gasteiger charge is -2.20. The lowest BCUT2D eigenvalue weighted by molar-refractivity contribution is -0.132. The first-order chi connectivity index (χ1) is 9.88. The topological polar surface area (TPSA) is 69.6 Å². The van der Waals surface area contributed by atoms with E-state index in [4.69, 9.17) is 5.11 Å². The second-order valence-corrected chi connectivity index (χ2v) is 4.13. The molecular weight excluding hydrogens is 289 g/mol. The van der Waals surface area contributed by atoms with Gasteiger partial charge in [-0.2, -0.15) is 0 Å². The molecule has 0 aromatic heterocycles. The molecular formula is C13H9F3N2O3. The minimum absolute atomic E-state index is 0.0920. The van der Waals surface area contributed by atoms with Crippen molar-refractivity contribution in [1.29, 1.82) is 0 Å². The number of anilines is 1. The van der Waals surface area contributed by atoms with Crippen LogP contribution in [0.4, 0.5) is 23.7 Å². The van der Waals surface area contributed by atoms with Crippen molar-refractivity contribution in [3.8, 4) is 0 Å². The monoisotopic (exact) mass is 298 g/mol. The Hall–Kier alpha value is -2.77. The van der Waals surface area contributed by atoms with Gasteiger partial charge in [0.2, 0.25) is 0 Å². The van der Waals surface area contributed by atoms with E-state index in [-0.39, 0.29) is 17.8 Å². The number of carboxylic acid groups (broad SMARTS) is 1. The van der Waals surface area contributed by atoms with Gasteiger partial charge in [0, 0.05) is 30.6 Å². The number of carbonyl (C=O) groups excluding carboxylic acids is 1. The third-order valence-corrected chi connectivity index (χ3v) is 2.64. The van der Waals surface area contributed by atoms with E-state index in [9.17, 15) is 22.8 Å². The van der Waals surface area contributed by atoms with Gasteiger partial charge in [-0.1, -0.05) is 6.08 Å². The predicted octanol–water partition coefficient (Wildman–Crippen LogP) is 2.48. The minimum atomic E-state index is -1.64. The molecule has 0 aliphatic carbocycles. The highest BCUT2D eigenvalue weighted by Gasteiger charge is 2.18. The minimum Gasteiger partial charge on any atom is -0.478 e. The number of aliphatic carboxylic acids is 1. The molecule has 21 heavy (non-hydrogen) atoms. The first kappa shape index (κ1) is 14.6. The van der Waals surface area contributed by atoms with E-state index < -0.39 is 29.5 Å². The number of halogens is 3. The summed E-state index contributed by atoms with van der Waals surface area (Å²) in [6, 6.07) is 0.444. The molecule has 0 bridgehead atoms. The quantitative estimate of drug-likeness (QED) is 0.824. The number of rotatable bonds is 2. The van der Waals surface area contributed by atoms with Crippen molar-refractivity contribution >= 4 is 17.7 Å². The van der Waals surface area contributed by atoms with Crippen molar-refractivity contribution in [3.63, 3.8) is 0 Å². The van der Waals surface area contributed by atoms with E-state index in [0.717, 1.165) is 11.1 Å². The van der Waals surface area contributed by atoms with Crippen LogP contribution in [0.5, 0.6) is 0 Å². The van der Waals surface area contributed by atoms with E-state index in [0.29, 0.717) is 12.1 Å². The van der Waals surface area contributed by atoms with E-state index in [1.54, 1.807) is 0 Å². The van der Waals surface area contributed by atoms with Crippen LogP contribution in [-0.2, 0) is 4.79 Å². The first-order valence-corrected chi connectivity index (χ1v) is 5.72. The third kappa shape index (κ3) is 3.22. The Morgan fingerprint density at radius 2 is 1.81 bits per heavy atom. The second-order valence-electron chi connectivity index (χ2n) is 4.13. The standard InChI is InChI=1S/C13H9F3N2O3/c14-9-4-8(5-10(15)11(9)16)17-13(21)18-3-1-2-7(6-18)12(19)20/h1-2,4-6H,3H2,(H,17,21)(H,19,20). The first-order valence-electron chi connectivity index (χ1n) is 5.72. The smallest absolute Gasteiger partial charge is 0.337 e. The fourth-order valence-corrected chi connectivity index (χ4v) is 1.65. The van der Waals surface area contributed by atoms with E-state index in [2.05, 4.69) is 5.32 Å². The van der Waals surface area contributed by atoms with Gasteiger partial charge >= 0.3 is 12.0 Å². The highest BCUT2D eigenvalue weighted by atomic mass is 19.2. The zero-order valence-electron chi connectivity index (χ0n) is 10.4. The Morgan fingerprint density at radius 1 is 1.19 bits per heavy atom. The van der Waals surface area contributed by atoms with Gasteiger partial charge in [0.1, 0.15) is 0 Å². The zero-order chi connectivity index (χ0) is 15.6. The summed E-state index contributed by atoms with van der Waals surface area (Å²) in [5.41, 5.74) is -0.399. The SMILES string of the molecule is O=C(O)C1=CN(C(=O)Nc2cc(F)c(F)c(F)c2)CC=C1. The fourth-order valence-electron chi connectivity index (χ4n) is 1.65. The fraction of sp³-hybridized carbons (Fsp3) is 0.0769. The molecule has 1 aromatic carbocycles. The molecule has 0 saturated heterocycles. The molecule has 2 amide bonds. The summed E-state index contributed by atoms with van der Waals surface area (Å²) in [5.74, 6) is -5.74. The molecule has 0 radical (unpaired) electrons. The molecule has 1 heterocycles. The predicted molar refractivity (Wildman–Crippen MR) is 66.9 cm³/mol. The van der Waals surface area contributed by atoms with Gasteiger partial charge in [0.15, 0.2) is 17.5 Å². The maximum Gasteiger partial charge on any atom is 0.337 e. The van der Waals surface area contributed by atoms with Crippen LogP contribution in [0.15, 0.2) is 36.1 Å². The summed E-state index contributed by atoms with van der Waals surface area (Å²) >= 11 is 0. The van der Waals surface area contributed by atoms with Crippen LogP contribution < -0.4 is 5.32 Å². The van der Waals surface area contributed by atoms with Crippen molar-refractivity contribution in [1.82, 2.24) is 4.90 Å². The molecule has 0 unspecified atom stereocenters. The number of urea groups is 1. The lowest BCUT2D eigenvalue weighted by Crippen LogP contribution is -2.33. The second kappa shape index (κ2) is 5.70. The van der Waals surface area contributed by atoms with Gasteiger partial charge in [-0.25, -0.2) is 22.8 Å². The number of amides is 2. The van der Waals surface area contributed by atoms with Crippen molar-refractivity contribution in [2.75, 3.05) is 11.9 Å². The Kier molecular flexibility index (Phi) is 3.97. The Labute approximate surface area is 117 Å². The van der Waals surface area contributed by atoms with Gasteiger partial charge in [0.25, 0.3) is 0 Å². The number of hydrogen-bond acceptors (Lipinski definition) is 2. The molecule has 0 fully saturated rings. The maximum absolute atomic E-state index is 13.0. The molecule has 1 aromatic rings. The number of nitrogens with one attached hydrogen (secondary N) is 1. The Balaban J connectivity index is 2.15. The normalized spacial score (nSPS) is 13.9. The van der Waals surface area contributed by atoms with Crippen molar-refractivity contribution < 1.29 is 27.9 Å². The number of hydrogen-bond donors (Lipinski definition) is 2. The summed E-state index contributed by atoms with van der Waals surface area (Å²) in [5, 5.41) is 11.0. The number of carbonyl (C=O) groups is 2. The van der Waals surface area contributed by atoms with Crippen molar-refractivity contribution in [3.05, 3.63) is 53.5 Å². The van der Waals surface area contributed by atoms with Crippen LogP contribution >= 0.6 is 0 Å². The molecule has 5 nitrogen and oxygen atoms in total. The number of carboxylic acids is 1. The summed E-state index contributed by atoms with van der Waals surface area (Å²) < 4.78 is 38.8. The largest absolute Gasteiger partial charge is 0.478 e. The maximum atomic E-state index is 13.0. The summed E-state index contributed by atoms with van der Waals surface area (Å²) in [6.45, 7) is 0.0920. The van der Waals surface area contributed by atoms with Crippen LogP contribution in [0, 0.1) is 17.5 Å². The Morgan fingerprint density at radius 3 is 2.38 bits per heavy atom. The van der Waals surface area contributed by atoms with Gasteiger partial charge in [0.05, 0.1) is 5.57 Å². The molecule has 2 N–H and O–H groups in total. The highest BCUT2D eigenvalue weighted by molar-refractivity contribution is 5.94. The summed E-state index contributed by atoms with van der Waals surface area (Å²) in [6.07, 6.45) is 3.84. The van der Waals surface area contributed by atoms with Crippen LogP contribution in [0.1, 0.15) is 0 Å². The van der Waals surface area contributed by atoms with Gasteiger partial charge in [-0.3, -0.25) is 4.90 Å². The molecule has 0 atom stereocenters. The van der Waals surface area contributed by atoms with Crippen LogP contribution in [0.2, 0.25) is 0 Å². The summed E-state index contributed by atoms with van der Waals surface area (Å²) in [7, 11) is 0. The molecule has 110 valence electrons. The van der Waals surface area contributed by atoms with Gasteiger partial charge in [-0.05, 0) is 6.08 Å². The lowest BCUT2D eigenvalue weighted by atomic mass is 10.2. The summed E-state index contributed by atoms with van der Waals surface area (Å²) in [4.78, 5) is 23.6. The zero-order valence-corrected chi connectivity index (χ0v) is 10.4. The number of benzene rings is 1. The molecule has 2 rings (SSSR count). The van der Waals surface area contributed by atoms with Gasteiger partial charge < -0.3 is 10.4 Å². The van der Waals surface area contributed by atoms with Crippen molar-refractivity contribution in [2.24, 2.45) is 0 Å². The molecule has 0 spiro atoms. The third-order valence-electron chi connectivity index (χ3n) is 2.64. The van der Waals surface area contributed by atoms with Crippen LogP contribution in [0.25, 0.3) is 0 Å². The van der Waals surface area contributed by atoms with E-state index in [1.807, 2.05) is 0 Å². The molecule has 8 heteroatoms. The average molecular weight is 298 g/mol.